The van der Waals surface area contributed by atoms with Crippen LogP contribution in [0.4, 0.5) is 5.69 Å². The SMILES string of the molecule is Cc1ccc(C(=O)N2CCN(Cc3cn(-c4cc(Cl)ccc4Br)nn3)C(=O)C2)cc1NC(=O)c1ccccc1. The third-order valence-corrected chi connectivity index (χ3v) is 7.33. The lowest BCUT2D eigenvalue weighted by atomic mass is 10.1. The number of nitrogens with zero attached hydrogens (tertiary/aromatic N) is 5. The van der Waals surface area contributed by atoms with Crippen LogP contribution >= 0.6 is 27.5 Å². The first kappa shape index (κ1) is 26.6. The Bertz CT molecular complexity index is 1560. The molecule has 9 nitrogen and oxygen atoms in total. The lowest BCUT2D eigenvalue weighted by Gasteiger charge is -2.34. The quantitative estimate of drug-likeness (QED) is 0.342. The first-order valence-corrected chi connectivity index (χ1v) is 13.4. The van der Waals surface area contributed by atoms with E-state index in [-0.39, 0.29) is 30.8 Å². The Morgan fingerprint density at radius 3 is 2.59 bits per heavy atom. The predicted molar refractivity (Wildman–Crippen MR) is 151 cm³/mol. The summed E-state index contributed by atoms with van der Waals surface area (Å²) in [7, 11) is 0. The molecule has 3 aromatic carbocycles. The number of carbonyl (C=O) groups is 3. The van der Waals surface area contributed by atoms with Crippen LogP contribution in [0.1, 0.15) is 32.0 Å². The van der Waals surface area contributed by atoms with Gasteiger partial charge in [0.15, 0.2) is 0 Å². The smallest absolute Gasteiger partial charge is 0.255 e. The van der Waals surface area contributed by atoms with Gasteiger partial charge in [-0.1, -0.05) is 41.1 Å². The van der Waals surface area contributed by atoms with Crippen LogP contribution in [0.2, 0.25) is 5.02 Å². The van der Waals surface area contributed by atoms with Gasteiger partial charge in [0.05, 0.1) is 18.4 Å². The molecule has 4 aromatic rings. The number of nitrogens with one attached hydrogen (secondary N) is 1. The summed E-state index contributed by atoms with van der Waals surface area (Å²) in [5.74, 6) is -0.709. The second kappa shape index (κ2) is 11.4. The van der Waals surface area contributed by atoms with Gasteiger partial charge in [0, 0.05) is 39.4 Å². The van der Waals surface area contributed by atoms with Crippen molar-refractivity contribution in [1.82, 2.24) is 24.8 Å². The molecule has 0 radical (unpaired) electrons. The van der Waals surface area contributed by atoms with Crippen molar-refractivity contribution in [1.29, 1.82) is 0 Å². The summed E-state index contributed by atoms with van der Waals surface area (Å²) in [6, 6.07) is 19.4. The van der Waals surface area contributed by atoms with Gasteiger partial charge < -0.3 is 15.1 Å². The molecule has 3 amide bonds. The zero-order valence-electron chi connectivity index (χ0n) is 21.0. The van der Waals surface area contributed by atoms with Gasteiger partial charge in [-0.3, -0.25) is 14.4 Å². The van der Waals surface area contributed by atoms with E-state index in [4.69, 9.17) is 11.6 Å². The van der Waals surface area contributed by atoms with E-state index in [9.17, 15) is 14.4 Å². The Morgan fingerprint density at radius 2 is 1.82 bits per heavy atom. The van der Waals surface area contributed by atoms with Gasteiger partial charge in [-0.05, 0) is 70.9 Å². The van der Waals surface area contributed by atoms with E-state index >= 15 is 0 Å². The summed E-state index contributed by atoms with van der Waals surface area (Å²) in [6.07, 6.45) is 1.75. The molecule has 0 bridgehead atoms. The van der Waals surface area contributed by atoms with Crippen molar-refractivity contribution in [2.75, 3.05) is 25.0 Å². The molecular weight excluding hydrogens is 584 g/mol. The van der Waals surface area contributed by atoms with Crippen molar-refractivity contribution in [2.45, 2.75) is 13.5 Å². The van der Waals surface area contributed by atoms with Crippen molar-refractivity contribution >= 4 is 50.9 Å². The monoisotopic (exact) mass is 606 g/mol. The molecule has 5 rings (SSSR count). The van der Waals surface area contributed by atoms with Crippen LogP contribution in [0, 0.1) is 6.92 Å². The number of piperazine rings is 1. The minimum Gasteiger partial charge on any atom is -0.333 e. The number of aryl methyl sites for hydroxylation is 1. The highest BCUT2D eigenvalue weighted by Gasteiger charge is 2.28. The maximum absolute atomic E-state index is 13.3. The summed E-state index contributed by atoms with van der Waals surface area (Å²) in [6.45, 7) is 2.82. The average molecular weight is 608 g/mol. The Kier molecular flexibility index (Phi) is 7.76. The zero-order valence-corrected chi connectivity index (χ0v) is 23.3. The van der Waals surface area contributed by atoms with Gasteiger partial charge in [0.25, 0.3) is 11.8 Å². The highest BCUT2D eigenvalue weighted by Crippen LogP contribution is 2.25. The minimum absolute atomic E-state index is 0.0492. The van der Waals surface area contributed by atoms with E-state index in [0.717, 1.165) is 15.7 Å². The van der Waals surface area contributed by atoms with Crippen LogP contribution in [0.15, 0.2) is 77.4 Å². The van der Waals surface area contributed by atoms with Crippen LogP contribution < -0.4 is 5.32 Å². The molecule has 0 unspecified atom stereocenters. The minimum atomic E-state index is -0.269. The van der Waals surface area contributed by atoms with Crippen LogP contribution in [0.5, 0.6) is 0 Å². The van der Waals surface area contributed by atoms with E-state index < -0.39 is 0 Å². The molecule has 0 saturated carbocycles. The molecule has 198 valence electrons. The maximum atomic E-state index is 13.3. The molecule has 1 N–H and O–H groups in total. The molecule has 1 aliphatic rings. The van der Waals surface area contributed by atoms with E-state index in [2.05, 4.69) is 31.6 Å². The van der Waals surface area contributed by atoms with Crippen LogP contribution in [0.25, 0.3) is 5.69 Å². The lowest BCUT2D eigenvalue weighted by Crippen LogP contribution is -2.51. The Labute approximate surface area is 238 Å². The maximum Gasteiger partial charge on any atom is 0.255 e. The fourth-order valence-corrected chi connectivity index (χ4v) is 4.85. The van der Waals surface area contributed by atoms with Crippen LogP contribution in [0.3, 0.4) is 0 Å². The lowest BCUT2D eigenvalue weighted by molar-refractivity contribution is -0.135. The van der Waals surface area contributed by atoms with E-state index in [1.807, 2.05) is 19.1 Å². The van der Waals surface area contributed by atoms with Gasteiger partial charge >= 0.3 is 0 Å². The van der Waals surface area contributed by atoms with Gasteiger partial charge in [0.2, 0.25) is 5.91 Å². The van der Waals surface area contributed by atoms with Crippen molar-refractivity contribution in [2.24, 2.45) is 0 Å². The Balaban J connectivity index is 1.22. The Morgan fingerprint density at radius 1 is 1.03 bits per heavy atom. The molecule has 1 aromatic heterocycles. The fraction of sp³-hybridized carbons (Fsp3) is 0.179. The number of anilines is 1. The highest BCUT2D eigenvalue weighted by molar-refractivity contribution is 9.10. The van der Waals surface area contributed by atoms with Crippen molar-refractivity contribution < 1.29 is 14.4 Å². The summed E-state index contributed by atoms with van der Waals surface area (Å²) < 4.78 is 2.41. The van der Waals surface area contributed by atoms with E-state index in [1.165, 1.54) is 4.90 Å². The third kappa shape index (κ3) is 6.02. The molecular formula is C28H24BrClN6O3. The topological polar surface area (TPSA) is 100 Å². The van der Waals surface area contributed by atoms with E-state index in [0.29, 0.717) is 40.6 Å². The fourth-order valence-electron chi connectivity index (χ4n) is 4.25. The Hall–Kier alpha value is -4.02. The standard InChI is InChI=1S/C28H24BrClN6O3/c1-18-7-8-20(13-24(18)31-27(38)19-5-3-2-4-6-19)28(39)35-12-11-34(26(37)17-35)15-22-16-36(33-32-22)25-14-21(30)9-10-23(25)29/h2-10,13-14,16H,11-12,15,17H2,1H3,(H,31,38). The van der Waals surface area contributed by atoms with Gasteiger partial charge in [0.1, 0.15) is 12.2 Å². The molecule has 0 atom stereocenters. The van der Waals surface area contributed by atoms with Crippen molar-refractivity contribution in [3.63, 3.8) is 0 Å². The van der Waals surface area contributed by atoms with Gasteiger partial charge in [-0.2, -0.15) is 0 Å². The molecule has 1 aliphatic heterocycles. The number of carbonyl (C=O) groups excluding carboxylic acids is 3. The summed E-state index contributed by atoms with van der Waals surface area (Å²) in [5, 5.41) is 11.8. The van der Waals surface area contributed by atoms with Gasteiger partial charge in [-0.25, -0.2) is 4.68 Å². The molecule has 2 heterocycles. The third-order valence-electron chi connectivity index (χ3n) is 6.42. The predicted octanol–water partition coefficient (Wildman–Crippen LogP) is 4.73. The first-order chi connectivity index (χ1) is 18.8. The van der Waals surface area contributed by atoms with Crippen molar-refractivity contribution in [3.8, 4) is 5.69 Å². The number of hydrogen-bond acceptors (Lipinski definition) is 5. The molecule has 39 heavy (non-hydrogen) atoms. The number of halogens is 2. The molecule has 0 aliphatic carbocycles. The highest BCUT2D eigenvalue weighted by atomic mass is 79.9. The zero-order chi connectivity index (χ0) is 27.5. The summed E-state index contributed by atoms with van der Waals surface area (Å²) in [4.78, 5) is 42.0. The first-order valence-electron chi connectivity index (χ1n) is 12.2. The number of amides is 3. The molecule has 11 heteroatoms. The average Bonchev–Trinajstić information content (AvgIpc) is 3.40. The largest absolute Gasteiger partial charge is 0.333 e. The molecule has 0 spiro atoms. The van der Waals surface area contributed by atoms with Gasteiger partial charge in [-0.15, -0.1) is 5.10 Å². The van der Waals surface area contributed by atoms with Crippen LogP contribution in [-0.4, -0.2) is 62.1 Å². The number of aromatic nitrogens is 3. The van der Waals surface area contributed by atoms with E-state index in [1.54, 1.807) is 70.4 Å². The normalized spacial score (nSPS) is 13.5. The molecule has 1 fully saturated rings. The van der Waals surface area contributed by atoms with Crippen molar-refractivity contribution in [3.05, 3.63) is 105 Å². The second-order valence-electron chi connectivity index (χ2n) is 9.14. The second-order valence-corrected chi connectivity index (χ2v) is 10.4. The summed E-state index contributed by atoms with van der Waals surface area (Å²) in [5.41, 5.74) is 3.66. The molecule has 1 saturated heterocycles. The number of rotatable bonds is 6. The summed E-state index contributed by atoms with van der Waals surface area (Å²) >= 11 is 9.59. The number of benzene rings is 3. The number of hydrogen-bond donors (Lipinski definition) is 1. The van der Waals surface area contributed by atoms with Crippen LogP contribution in [-0.2, 0) is 11.3 Å².